The molecule has 0 heterocycles. The van der Waals surface area contributed by atoms with Gasteiger partial charge in [-0.3, -0.25) is 0 Å². The summed E-state index contributed by atoms with van der Waals surface area (Å²) < 4.78 is 0. The van der Waals surface area contributed by atoms with E-state index in [0.717, 1.165) is 0 Å². The minimum absolute atomic E-state index is 0.0622. The minimum Gasteiger partial charge on any atom is -0.389 e. The van der Waals surface area contributed by atoms with Crippen LogP contribution in [-0.2, 0) is 0 Å². The van der Waals surface area contributed by atoms with Crippen LogP contribution in [0.2, 0.25) is 0 Å². The third kappa shape index (κ3) is 2.59. The quantitative estimate of drug-likeness (QED) is 0.768. The Morgan fingerprint density at radius 2 is 1.35 bits per heavy atom. The molecule has 2 nitrogen and oxygen atoms in total. The molecule has 0 aliphatic heterocycles. The molecule has 2 unspecified atom stereocenters. The normalized spacial score (nSPS) is 28.9. The highest BCUT2D eigenvalue weighted by Gasteiger charge is 2.27. The first-order chi connectivity index (χ1) is 8.00. The van der Waals surface area contributed by atoms with E-state index < -0.39 is 0 Å². The second-order valence-electron chi connectivity index (χ2n) is 5.27. The van der Waals surface area contributed by atoms with Gasteiger partial charge >= 0.3 is 0 Å². The van der Waals surface area contributed by atoms with Crippen LogP contribution in [0.4, 0.5) is 0 Å². The van der Waals surface area contributed by atoms with Crippen LogP contribution in [0.15, 0.2) is 47.6 Å². The van der Waals surface area contributed by atoms with Gasteiger partial charge in [0.15, 0.2) is 0 Å². The Morgan fingerprint density at radius 1 is 0.941 bits per heavy atom. The Hall–Kier alpha value is -1.12. The number of aliphatic hydroxyl groups excluding tert-OH is 2. The Bertz CT molecular complexity index is 373. The molecule has 0 amide bonds. The molecule has 0 aromatic heterocycles. The van der Waals surface area contributed by atoms with Gasteiger partial charge < -0.3 is 10.2 Å². The van der Waals surface area contributed by atoms with E-state index in [-0.39, 0.29) is 17.6 Å². The molecule has 0 spiro atoms. The lowest BCUT2D eigenvalue weighted by Crippen LogP contribution is -2.21. The van der Waals surface area contributed by atoms with Crippen LogP contribution in [0.5, 0.6) is 0 Å². The minimum atomic E-state index is -0.341. The van der Waals surface area contributed by atoms with E-state index in [2.05, 4.69) is 26.0 Å². The van der Waals surface area contributed by atoms with Crippen molar-refractivity contribution in [1.82, 2.24) is 0 Å². The summed E-state index contributed by atoms with van der Waals surface area (Å²) in [6, 6.07) is 0. The van der Waals surface area contributed by atoms with Gasteiger partial charge in [0.05, 0.1) is 12.2 Å². The summed E-state index contributed by atoms with van der Waals surface area (Å²) in [6.07, 6.45) is 12.6. The van der Waals surface area contributed by atoms with E-state index >= 15 is 0 Å². The number of aliphatic hydroxyl groups is 2. The molecule has 0 saturated heterocycles. The van der Waals surface area contributed by atoms with Crippen LogP contribution in [0.3, 0.4) is 0 Å². The topological polar surface area (TPSA) is 40.5 Å². The molecular formula is C15H20O2. The molecule has 0 aromatic rings. The van der Waals surface area contributed by atoms with Crippen LogP contribution in [0.1, 0.15) is 26.7 Å². The Morgan fingerprint density at radius 3 is 1.65 bits per heavy atom. The molecule has 2 heteroatoms. The summed E-state index contributed by atoms with van der Waals surface area (Å²) in [6.45, 7) is 4.35. The molecule has 0 saturated carbocycles. The van der Waals surface area contributed by atoms with Crippen molar-refractivity contribution in [3.05, 3.63) is 47.6 Å². The van der Waals surface area contributed by atoms with E-state index in [9.17, 15) is 10.2 Å². The molecule has 0 fully saturated rings. The molecule has 17 heavy (non-hydrogen) atoms. The fraction of sp³-hybridized carbons (Fsp3) is 0.467. The maximum absolute atomic E-state index is 9.44. The molecule has 2 aliphatic carbocycles. The molecule has 2 aliphatic rings. The fourth-order valence-corrected chi connectivity index (χ4v) is 2.31. The zero-order valence-electron chi connectivity index (χ0n) is 10.4. The van der Waals surface area contributed by atoms with E-state index in [1.807, 2.05) is 24.3 Å². The van der Waals surface area contributed by atoms with Crippen LogP contribution in [-0.4, -0.2) is 22.4 Å². The smallest absolute Gasteiger partial charge is 0.0758 e. The number of hydrogen-bond acceptors (Lipinski definition) is 2. The second-order valence-corrected chi connectivity index (χ2v) is 5.27. The maximum atomic E-state index is 9.44. The summed E-state index contributed by atoms with van der Waals surface area (Å²) in [7, 11) is 0. The number of rotatable bonds is 2. The monoisotopic (exact) mass is 232 g/mol. The van der Waals surface area contributed by atoms with Crippen molar-refractivity contribution >= 4 is 0 Å². The van der Waals surface area contributed by atoms with E-state index in [0.29, 0.717) is 12.8 Å². The predicted molar refractivity (Wildman–Crippen MR) is 69.5 cm³/mol. The molecule has 2 N–H and O–H groups in total. The summed E-state index contributed by atoms with van der Waals surface area (Å²) >= 11 is 0. The van der Waals surface area contributed by atoms with Crippen LogP contribution >= 0.6 is 0 Å². The molecule has 2 rings (SSSR count). The van der Waals surface area contributed by atoms with Gasteiger partial charge in [-0.25, -0.2) is 0 Å². The maximum Gasteiger partial charge on any atom is 0.0758 e. The van der Waals surface area contributed by atoms with E-state index in [1.165, 1.54) is 11.1 Å². The van der Waals surface area contributed by atoms with Gasteiger partial charge in [0.2, 0.25) is 0 Å². The Balaban J connectivity index is 2.20. The second kappa shape index (κ2) is 4.63. The first kappa shape index (κ1) is 12.3. The molecular weight excluding hydrogens is 212 g/mol. The summed E-state index contributed by atoms with van der Waals surface area (Å²) in [5, 5.41) is 18.9. The average Bonchev–Trinajstić information content (AvgIpc) is 2.30. The van der Waals surface area contributed by atoms with Crippen molar-refractivity contribution in [3.8, 4) is 0 Å². The van der Waals surface area contributed by atoms with Crippen molar-refractivity contribution in [3.63, 3.8) is 0 Å². The lowest BCUT2D eigenvalue weighted by Gasteiger charge is -2.31. The largest absolute Gasteiger partial charge is 0.389 e. The van der Waals surface area contributed by atoms with Gasteiger partial charge in [-0.1, -0.05) is 50.3 Å². The first-order valence-corrected chi connectivity index (χ1v) is 6.14. The van der Waals surface area contributed by atoms with Crippen LogP contribution < -0.4 is 0 Å². The lowest BCUT2D eigenvalue weighted by atomic mass is 9.73. The molecule has 0 radical (unpaired) electrons. The van der Waals surface area contributed by atoms with Gasteiger partial charge in [0.25, 0.3) is 0 Å². The van der Waals surface area contributed by atoms with Gasteiger partial charge in [-0.15, -0.1) is 0 Å². The van der Waals surface area contributed by atoms with Crippen molar-refractivity contribution in [2.75, 3.05) is 0 Å². The van der Waals surface area contributed by atoms with Gasteiger partial charge in [0.1, 0.15) is 0 Å². The van der Waals surface area contributed by atoms with Gasteiger partial charge in [-0.2, -0.15) is 0 Å². The fourth-order valence-electron chi connectivity index (χ4n) is 2.31. The first-order valence-electron chi connectivity index (χ1n) is 6.14. The lowest BCUT2D eigenvalue weighted by molar-refractivity contribution is 0.223. The zero-order chi connectivity index (χ0) is 12.5. The SMILES string of the molecule is CC(C)(C1=CCC(O)C=C1)C1=CCC(O)C=C1. The third-order valence-electron chi connectivity index (χ3n) is 3.60. The number of hydrogen-bond donors (Lipinski definition) is 2. The highest BCUT2D eigenvalue weighted by Crippen LogP contribution is 2.39. The molecule has 0 aromatic carbocycles. The van der Waals surface area contributed by atoms with Gasteiger partial charge in [-0.05, 0) is 24.0 Å². The molecule has 2 atom stereocenters. The van der Waals surface area contributed by atoms with Crippen molar-refractivity contribution < 1.29 is 10.2 Å². The van der Waals surface area contributed by atoms with E-state index in [4.69, 9.17) is 0 Å². The summed E-state index contributed by atoms with van der Waals surface area (Å²) in [5.74, 6) is 0. The van der Waals surface area contributed by atoms with Crippen molar-refractivity contribution in [2.45, 2.75) is 38.9 Å². The van der Waals surface area contributed by atoms with Crippen LogP contribution in [0, 0.1) is 5.41 Å². The zero-order valence-corrected chi connectivity index (χ0v) is 10.4. The summed E-state index contributed by atoms with van der Waals surface area (Å²) in [4.78, 5) is 0. The molecule has 92 valence electrons. The highest BCUT2D eigenvalue weighted by atomic mass is 16.3. The predicted octanol–water partition coefficient (Wildman–Crippen LogP) is 2.51. The standard InChI is InChI=1S/C15H20O2/c1-15(2,11-3-7-13(16)8-4-11)12-5-9-14(17)10-6-12/h3-7,9,13-14,16-17H,8,10H2,1-2H3. The number of allylic oxidation sites excluding steroid dienone is 4. The van der Waals surface area contributed by atoms with Crippen LogP contribution in [0.25, 0.3) is 0 Å². The van der Waals surface area contributed by atoms with Crippen molar-refractivity contribution in [1.29, 1.82) is 0 Å². The molecule has 0 bridgehead atoms. The van der Waals surface area contributed by atoms with E-state index in [1.54, 1.807) is 0 Å². The summed E-state index contributed by atoms with van der Waals surface area (Å²) in [5.41, 5.74) is 2.40. The Kier molecular flexibility index (Phi) is 3.36. The van der Waals surface area contributed by atoms with Crippen molar-refractivity contribution in [2.24, 2.45) is 5.41 Å². The Labute approximate surface area is 103 Å². The highest BCUT2D eigenvalue weighted by molar-refractivity contribution is 5.42. The third-order valence-corrected chi connectivity index (χ3v) is 3.60. The average molecular weight is 232 g/mol. The van der Waals surface area contributed by atoms with Gasteiger partial charge in [0, 0.05) is 5.41 Å².